The van der Waals surface area contributed by atoms with Gasteiger partial charge in [-0.3, -0.25) is 15.2 Å². The van der Waals surface area contributed by atoms with Crippen molar-refractivity contribution in [3.05, 3.63) is 107 Å². The standard InChI is InChI=1S/C26H17ClN6OS/c27-21-9-3-1-6-17(21)14-32-15-18(19-8-2-4-10-22(19)32)12-20-23(28)33-26(30-24(20)34)35-25(31-33)16-7-5-11-29-13-16/h1-13,15,28H,14H2. The van der Waals surface area contributed by atoms with Crippen molar-refractivity contribution in [2.24, 2.45) is 10.1 Å². The predicted molar refractivity (Wildman–Crippen MR) is 141 cm³/mol. The molecule has 0 aliphatic carbocycles. The number of carbonyl (C=O) groups excluding carboxylic acids is 1. The van der Waals surface area contributed by atoms with Gasteiger partial charge < -0.3 is 4.57 Å². The Morgan fingerprint density at radius 1 is 1.06 bits per heavy atom. The van der Waals surface area contributed by atoms with Crippen LogP contribution < -0.4 is 0 Å². The van der Waals surface area contributed by atoms with Gasteiger partial charge in [-0.15, -0.1) is 0 Å². The molecule has 1 amide bonds. The van der Waals surface area contributed by atoms with E-state index in [1.807, 2.05) is 66.9 Å². The number of amidine groups is 2. The van der Waals surface area contributed by atoms with E-state index in [-0.39, 0.29) is 11.4 Å². The first-order valence-electron chi connectivity index (χ1n) is 10.8. The van der Waals surface area contributed by atoms with Crippen molar-refractivity contribution >= 4 is 62.3 Å². The summed E-state index contributed by atoms with van der Waals surface area (Å²) in [6.07, 6.45) is 7.08. The Labute approximate surface area is 210 Å². The number of rotatable bonds is 4. The molecule has 9 heteroatoms. The van der Waals surface area contributed by atoms with Gasteiger partial charge in [-0.2, -0.15) is 15.1 Å². The van der Waals surface area contributed by atoms with Gasteiger partial charge in [0, 0.05) is 52.2 Å². The number of thioether (sulfide) groups is 1. The van der Waals surface area contributed by atoms with E-state index in [0.29, 0.717) is 21.8 Å². The lowest BCUT2D eigenvalue weighted by Gasteiger charge is -2.20. The quantitative estimate of drug-likeness (QED) is 0.383. The monoisotopic (exact) mass is 496 g/mol. The van der Waals surface area contributed by atoms with Crippen molar-refractivity contribution < 1.29 is 4.79 Å². The van der Waals surface area contributed by atoms with E-state index in [2.05, 4.69) is 19.6 Å². The van der Waals surface area contributed by atoms with Crippen LogP contribution in [0.4, 0.5) is 0 Å². The molecule has 0 saturated carbocycles. The topological polar surface area (TPSA) is 86.7 Å². The average Bonchev–Trinajstić information content (AvgIpc) is 3.46. The molecule has 0 bridgehead atoms. The molecule has 0 fully saturated rings. The minimum Gasteiger partial charge on any atom is -0.342 e. The molecule has 0 atom stereocenters. The normalized spacial score (nSPS) is 16.6. The summed E-state index contributed by atoms with van der Waals surface area (Å²) in [6.45, 7) is 0.582. The summed E-state index contributed by atoms with van der Waals surface area (Å²) in [5, 5.41) is 17.3. The maximum Gasteiger partial charge on any atom is 0.283 e. The van der Waals surface area contributed by atoms with E-state index >= 15 is 0 Å². The Morgan fingerprint density at radius 2 is 1.89 bits per heavy atom. The van der Waals surface area contributed by atoms with Crippen LogP contribution in [0.2, 0.25) is 5.02 Å². The second-order valence-electron chi connectivity index (χ2n) is 7.99. The third-order valence-electron chi connectivity index (χ3n) is 5.78. The van der Waals surface area contributed by atoms with Crippen LogP contribution in [0.3, 0.4) is 0 Å². The number of nitrogens with one attached hydrogen (secondary N) is 1. The van der Waals surface area contributed by atoms with Crippen LogP contribution in [-0.2, 0) is 11.3 Å². The van der Waals surface area contributed by atoms with E-state index in [1.165, 1.54) is 16.8 Å². The molecule has 35 heavy (non-hydrogen) atoms. The van der Waals surface area contributed by atoms with Crippen molar-refractivity contribution in [3.8, 4) is 0 Å². The molecule has 2 aliphatic rings. The van der Waals surface area contributed by atoms with Crippen LogP contribution in [0.15, 0.2) is 94.9 Å². The van der Waals surface area contributed by atoms with E-state index in [9.17, 15) is 4.79 Å². The van der Waals surface area contributed by atoms with E-state index in [4.69, 9.17) is 17.0 Å². The van der Waals surface area contributed by atoms with Gasteiger partial charge >= 0.3 is 0 Å². The molecule has 0 unspecified atom stereocenters. The smallest absolute Gasteiger partial charge is 0.283 e. The fraction of sp³-hybridized carbons (Fsp3) is 0.0385. The second-order valence-corrected chi connectivity index (χ2v) is 9.35. The Kier molecular flexibility index (Phi) is 5.32. The average molecular weight is 497 g/mol. The predicted octanol–water partition coefficient (Wildman–Crippen LogP) is 5.41. The molecule has 4 heterocycles. The third-order valence-corrected chi connectivity index (χ3v) is 7.11. The summed E-state index contributed by atoms with van der Waals surface area (Å²) in [6, 6.07) is 19.4. The van der Waals surface area contributed by atoms with Gasteiger partial charge in [-0.1, -0.05) is 48.0 Å². The number of amides is 1. The minimum absolute atomic E-state index is 0.00525. The SMILES string of the molecule is N=C1C(=Cc2cn(Cc3ccccc3Cl)c3ccccc23)C(=O)N=C2SC(c3cccnc3)=NN12. The summed E-state index contributed by atoms with van der Waals surface area (Å²) >= 11 is 7.65. The molecule has 7 nitrogen and oxygen atoms in total. The van der Waals surface area contributed by atoms with Crippen molar-refractivity contribution in [2.75, 3.05) is 0 Å². The van der Waals surface area contributed by atoms with Gasteiger partial charge in [0.05, 0.1) is 5.57 Å². The van der Waals surface area contributed by atoms with Crippen molar-refractivity contribution in [2.45, 2.75) is 6.54 Å². The number of hydrogen-bond donors (Lipinski definition) is 1. The number of aromatic nitrogens is 2. The highest BCUT2D eigenvalue weighted by molar-refractivity contribution is 8.27. The summed E-state index contributed by atoms with van der Waals surface area (Å²) < 4.78 is 2.10. The fourth-order valence-electron chi connectivity index (χ4n) is 4.08. The zero-order chi connectivity index (χ0) is 23.9. The number of carbonyl (C=O) groups is 1. The number of benzene rings is 2. The summed E-state index contributed by atoms with van der Waals surface area (Å²) in [5.41, 5.74) is 3.82. The van der Waals surface area contributed by atoms with Crippen molar-refractivity contribution in [1.29, 1.82) is 5.41 Å². The van der Waals surface area contributed by atoms with Crippen LogP contribution in [0, 0.1) is 5.41 Å². The number of hydrogen-bond acceptors (Lipinski definition) is 5. The minimum atomic E-state index is -0.459. The zero-order valence-electron chi connectivity index (χ0n) is 18.2. The van der Waals surface area contributed by atoms with E-state index in [0.717, 1.165) is 27.6 Å². The largest absolute Gasteiger partial charge is 0.342 e. The number of hydrazone groups is 1. The van der Waals surface area contributed by atoms with Crippen LogP contribution in [0.1, 0.15) is 16.7 Å². The van der Waals surface area contributed by atoms with E-state index in [1.54, 1.807) is 18.5 Å². The number of fused-ring (bicyclic) bond motifs is 2. The number of aliphatic imine (C=N–C) groups is 1. The Hall–Kier alpha value is -4.01. The van der Waals surface area contributed by atoms with Gasteiger partial charge in [0.15, 0.2) is 5.84 Å². The molecule has 2 aromatic heterocycles. The highest BCUT2D eigenvalue weighted by Crippen LogP contribution is 2.32. The number of halogens is 1. The summed E-state index contributed by atoms with van der Waals surface area (Å²) in [7, 11) is 0. The first kappa shape index (κ1) is 21.5. The van der Waals surface area contributed by atoms with Crippen LogP contribution >= 0.6 is 23.4 Å². The lowest BCUT2D eigenvalue weighted by Crippen LogP contribution is -2.35. The van der Waals surface area contributed by atoms with Crippen LogP contribution in [0.5, 0.6) is 0 Å². The molecule has 2 aliphatic heterocycles. The van der Waals surface area contributed by atoms with E-state index < -0.39 is 5.91 Å². The Morgan fingerprint density at radius 3 is 2.71 bits per heavy atom. The first-order valence-corrected chi connectivity index (χ1v) is 12.0. The molecule has 4 aromatic rings. The number of nitrogens with zero attached hydrogens (tertiary/aromatic N) is 5. The zero-order valence-corrected chi connectivity index (χ0v) is 19.8. The van der Waals surface area contributed by atoms with Crippen molar-refractivity contribution in [3.63, 3.8) is 0 Å². The molecule has 0 radical (unpaired) electrons. The molecular weight excluding hydrogens is 480 g/mol. The highest BCUT2D eigenvalue weighted by atomic mass is 35.5. The van der Waals surface area contributed by atoms with Gasteiger partial charge in [-0.25, -0.2) is 0 Å². The van der Waals surface area contributed by atoms with Gasteiger partial charge in [0.25, 0.3) is 5.91 Å². The van der Waals surface area contributed by atoms with Crippen LogP contribution in [-0.4, -0.2) is 36.5 Å². The maximum absolute atomic E-state index is 12.9. The molecule has 0 spiro atoms. The van der Waals surface area contributed by atoms with Crippen molar-refractivity contribution in [1.82, 2.24) is 14.6 Å². The Balaban J connectivity index is 1.39. The lowest BCUT2D eigenvalue weighted by atomic mass is 10.1. The van der Waals surface area contributed by atoms with Gasteiger partial charge in [-0.05, 0) is 47.7 Å². The molecule has 6 rings (SSSR count). The molecule has 2 aromatic carbocycles. The molecule has 0 saturated heterocycles. The van der Waals surface area contributed by atoms with Crippen LogP contribution in [0.25, 0.3) is 17.0 Å². The van der Waals surface area contributed by atoms with Gasteiger partial charge in [0.1, 0.15) is 5.04 Å². The summed E-state index contributed by atoms with van der Waals surface area (Å²) in [4.78, 5) is 21.3. The summed E-state index contributed by atoms with van der Waals surface area (Å²) in [5.74, 6) is -0.464. The highest BCUT2D eigenvalue weighted by Gasteiger charge is 2.36. The number of para-hydroxylation sites is 1. The maximum atomic E-state index is 12.9. The fourth-order valence-corrected chi connectivity index (χ4v) is 5.16. The molecule has 1 N–H and O–H groups in total. The first-order chi connectivity index (χ1) is 17.1. The van der Waals surface area contributed by atoms with Gasteiger partial charge in [0.2, 0.25) is 5.17 Å². The molecular formula is C26H17ClN6OS. The number of pyridine rings is 1. The lowest BCUT2D eigenvalue weighted by molar-refractivity contribution is -0.114. The second kappa shape index (κ2) is 8.65. The molecule has 170 valence electrons. The Bertz CT molecular complexity index is 1600. The third kappa shape index (κ3) is 3.86.